The minimum absolute atomic E-state index is 0.705. The second-order valence-corrected chi connectivity index (χ2v) is 5.85. The van der Waals surface area contributed by atoms with Crippen molar-refractivity contribution in [2.45, 2.75) is 44.2 Å². The summed E-state index contributed by atoms with van der Waals surface area (Å²) in [6.45, 7) is 7.83. The first-order valence-electron chi connectivity index (χ1n) is 6.97. The van der Waals surface area contributed by atoms with Crippen molar-refractivity contribution in [1.82, 2.24) is 10.2 Å². The van der Waals surface area contributed by atoms with E-state index >= 15 is 0 Å². The summed E-state index contributed by atoms with van der Waals surface area (Å²) in [5.41, 5.74) is 0. The molecule has 3 saturated heterocycles. The summed E-state index contributed by atoms with van der Waals surface area (Å²) in [6.07, 6.45) is 9.03. The van der Waals surface area contributed by atoms with Crippen LogP contribution in [0.3, 0.4) is 0 Å². The third-order valence-electron chi connectivity index (χ3n) is 4.91. The van der Waals surface area contributed by atoms with Crippen molar-refractivity contribution >= 4 is 0 Å². The lowest BCUT2D eigenvalue weighted by molar-refractivity contribution is -0.00644. The van der Waals surface area contributed by atoms with E-state index in [0.29, 0.717) is 6.04 Å². The largest absolute Gasteiger partial charge is 0.313 e. The van der Waals surface area contributed by atoms with E-state index in [2.05, 4.69) is 22.9 Å². The van der Waals surface area contributed by atoms with Crippen molar-refractivity contribution in [3.63, 3.8) is 0 Å². The highest BCUT2D eigenvalue weighted by molar-refractivity contribution is 4.99. The van der Waals surface area contributed by atoms with Crippen LogP contribution in [0.1, 0.15) is 32.1 Å². The predicted molar refractivity (Wildman–Crippen MR) is 67.4 cm³/mol. The molecule has 0 spiro atoms. The van der Waals surface area contributed by atoms with E-state index in [-0.39, 0.29) is 0 Å². The van der Waals surface area contributed by atoms with E-state index in [0.717, 1.165) is 24.3 Å². The molecule has 3 rings (SSSR count). The van der Waals surface area contributed by atoms with Gasteiger partial charge in [-0.3, -0.25) is 4.90 Å². The quantitative estimate of drug-likeness (QED) is 0.716. The molecule has 0 aromatic heterocycles. The second-order valence-electron chi connectivity index (χ2n) is 5.85. The summed E-state index contributed by atoms with van der Waals surface area (Å²) in [6, 6.07) is 1.61. The molecule has 3 aliphatic heterocycles. The van der Waals surface area contributed by atoms with Gasteiger partial charge in [0.2, 0.25) is 0 Å². The summed E-state index contributed by atoms with van der Waals surface area (Å²) in [5.74, 6) is 1.81. The smallest absolute Gasteiger partial charge is 0.0142 e. The fourth-order valence-electron chi connectivity index (χ4n) is 4.13. The zero-order valence-corrected chi connectivity index (χ0v) is 10.2. The Kier molecular flexibility index (Phi) is 3.03. The lowest BCUT2D eigenvalue weighted by Crippen LogP contribution is -2.61. The van der Waals surface area contributed by atoms with E-state index in [1.54, 1.807) is 0 Å². The first kappa shape index (κ1) is 10.8. The van der Waals surface area contributed by atoms with Crippen LogP contribution in [0.15, 0.2) is 12.7 Å². The zero-order valence-electron chi connectivity index (χ0n) is 10.2. The molecule has 16 heavy (non-hydrogen) atoms. The van der Waals surface area contributed by atoms with Crippen LogP contribution in [0.2, 0.25) is 0 Å². The summed E-state index contributed by atoms with van der Waals surface area (Å²) >= 11 is 0. The van der Waals surface area contributed by atoms with Gasteiger partial charge in [-0.1, -0.05) is 12.5 Å². The molecule has 0 aliphatic carbocycles. The molecule has 0 unspecified atom stereocenters. The molecule has 3 fully saturated rings. The van der Waals surface area contributed by atoms with Crippen molar-refractivity contribution in [1.29, 1.82) is 0 Å². The van der Waals surface area contributed by atoms with E-state index in [4.69, 9.17) is 0 Å². The van der Waals surface area contributed by atoms with Crippen LogP contribution in [0, 0.1) is 11.8 Å². The van der Waals surface area contributed by atoms with Gasteiger partial charge in [0.15, 0.2) is 0 Å². The first-order valence-corrected chi connectivity index (χ1v) is 6.97. The van der Waals surface area contributed by atoms with Crippen molar-refractivity contribution in [2.24, 2.45) is 11.8 Å². The summed E-state index contributed by atoms with van der Waals surface area (Å²) < 4.78 is 0. The second kappa shape index (κ2) is 4.50. The van der Waals surface area contributed by atoms with Crippen molar-refractivity contribution in [3.05, 3.63) is 12.7 Å². The highest BCUT2D eigenvalue weighted by Crippen LogP contribution is 2.37. The molecule has 2 nitrogen and oxygen atoms in total. The number of nitrogens with zero attached hydrogens (tertiary/aromatic N) is 1. The summed E-state index contributed by atoms with van der Waals surface area (Å²) in [5, 5.41) is 3.76. The number of hydrogen-bond acceptors (Lipinski definition) is 2. The van der Waals surface area contributed by atoms with Gasteiger partial charge in [-0.25, -0.2) is 0 Å². The molecule has 0 radical (unpaired) electrons. The van der Waals surface area contributed by atoms with E-state index in [1.165, 1.54) is 45.3 Å². The minimum atomic E-state index is 0.705. The molecule has 90 valence electrons. The van der Waals surface area contributed by atoms with Crippen LogP contribution in [0.4, 0.5) is 0 Å². The van der Waals surface area contributed by atoms with Gasteiger partial charge in [-0.05, 0) is 50.6 Å². The van der Waals surface area contributed by atoms with Crippen LogP contribution >= 0.6 is 0 Å². The molecule has 3 aliphatic rings. The zero-order chi connectivity index (χ0) is 11.0. The van der Waals surface area contributed by atoms with Gasteiger partial charge in [-0.15, -0.1) is 6.58 Å². The van der Waals surface area contributed by atoms with Crippen LogP contribution in [-0.4, -0.2) is 36.6 Å². The van der Waals surface area contributed by atoms with Gasteiger partial charge < -0.3 is 5.32 Å². The molecule has 0 aromatic rings. The van der Waals surface area contributed by atoms with E-state index in [9.17, 15) is 0 Å². The third-order valence-corrected chi connectivity index (χ3v) is 4.91. The molecule has 2 bridgehead atoms. The third kappa shape index (κ3) is 1.82. The molecule has 4 atom stereocenters. The van der Waals surface area contributed by atoms with Crippen molar-refractivity contribution < 1.29 is 0 Å². The number of hydrogen-bond donors (Lipinski definition) is 1. The lowest BCUT2D eigenvalue weighted by Gasteiger charge is -2.52. The van der Waals surface area contributed by atoms with Crippen LogP contribution < -0.4 is 5.32 Å². The molecule has 0 amide bonds. The van der Waals surface area contributed by atoms with Crippen LogP contribution in [0.25, 0.3) is 0 Å². The summed E-state index contributed by atoms with van der Waals surface area (Å²) in [7, 11) is 0. The molecule has 3 heterocycles. The first-order chi connectivity index (χ1) is 7.88. The Morgan fingerprint density at radius 1 is 1.31 bits per heavy atom. The van der Waals surface area contributed by atoms with Crippen molar-refractivity contribution in [3.8, 4) is 0 Å². The molecule has 0 aromatic carbocycles. The Bertz CT molecular complexity index is 261. The highest BCUT2D eigenvalue weighted by atomic mass is 15.2. The molecule has 1 N–H and O–H groups in total. The monoisotopic (exact) mass is 220 g/mol. The number of fused-ring (bicyclic) bond motifs is 4. The SMILES string of the molecule is C=CC[C@@H]1NC[C@@H]2C[C@@H]1CN1CCCC[C@H]21. The maximum Gasteiger partial charge on any atom is 0.0142 e. The van der Waals surface area contributed by atoms with E-state index in [1.807, 2.05) is 0 Å². The number of nitrogens with one attached hydrogen (secondary N) is 1. The highest BCUT2D eigenvalue weighted by Gasteiger charge is 2.42. The van der Waals surface area contributed by atoms with Gasteiger partial charge in [0.25, 0.3) is 0 Å². The average molecular weight is 220 g/mol. The Hall–Kier alpha value is -0.340. The Labute approximate surface area is 99.1 Å². The predicted octanol–water partition coefficient (Wildman–Crippen LogP) is 2.02. The van der Waals surface area contributed by atoms with Gasteiger partial charge in [0.05, 0.1) is 0 Å². The van der Waals surface area contributed by atoms with Gasteiger partial charge in [-0.2, -0.15) is 0 Å². The maximum atomic E-state index is 3.89. The Morgan fingerprint density at radius 3 is 3.12 bits per heavy atom. The Balaban J connectivity index is 1.71. The van der Waals surface area contributed by atoms with Crippen molar-refractivity contribution in [2.75, 3.05) is 19.6 Å². The number of rotatable bonds is 2. The fourth-order valence-corrected chi connectivity index (χ4v) is 4.13. The fraction of sp³-hybridized carbons (Fsp3) is 0.857. The maximum absolute atomic E-state index is 3.89. The Morgan fingerprint density at radius 2 is 2.25 bits per heavy atom. The number of piperidine rings is 3. The van der Waals surface area contributed by atoms with Gasteiger partial charge in [0.1, 0.15) is 0 Å². The summed E-state index contributed by atoms with van der Waals surface area (Å²) in [4.78, 5) is 2.79. The topological polar surface area (TPSA) is 15.3 Å². The average Bonchev–Trinajstić information content (AvgIpc) is 2.33. The van der Waals surface area contributed by atoms with E-state index < -0.39 is 0 Å². The molecular weight excluding hydrogens is 196 g/mol. The molecule has 2 heteroatoms. The molecular formula is C14H24N2. The van der Waals surface area contributed by atoms with Gasteiger partial charge >= 0.3 is 0 Å². The normalized spacial score (nSPS) is 43.8. The molecule has 0 saturated carbocycles. The van der Waals surface area contributed by atoms with Crippen LogP contribution in [0.5, 0.6) is 0 Å². The lowest BCUT2D eigenvalue weighted by atomic mass is 9.73. The van der Waals surface area contributed by atoms with Gasteiger partial charge in [0, 0.05) is 18.6 Å². The van der Waals surface area contributed by atoms with Crippen LogP contribution in [-0.2, 0) is 0 Å². The standard InChI is InChI=1S/C14H24N2/c1-2-5-13-12-8-11(9-15-13)14-6-3-4-7-16(14)10-12/h2,11-15H,1,3-10H2/t11-,12+,13-,14+/m0/s1. The minimum Gasteiger partial charge on any atom is -0.313 e.